The van der Waals surface area contributed by atoms with E-state index in [0.717, 1.165) is 31.7 Å². The summed E-state index contributed by atoms with van der Waals surface area (Å²) in [6, 6.07) is 0. The minimum atomic E-state index is 0.517. The second-order valence-electron chi connectivity index (χ2n) is 7.68. The van der Waals surface area contributed by atoms with Gasteiger partial charge in [0.1, 0.15) is 0 Å². The molecule has 0 aromatic rings. The lowest BCUT2D eigenvalue weighted by Gasteiger charge is -2.49. The molecule has 120 valence electrons. The lowest BCUT2D eigenvalue weighted by Crippen LogP contribution is -2.60. The van der Waals surface area contributed by atoms with Crippen LogP contribution in [-0.4, -0.2) is 61.0 Å². The molecule has 0 radical (unpaired) electrons. The standard InChI is InChI=1S/C17H29NO2S/c1-2-14(3-1)9-18-12-17(13-18)8-16(11-21-17)20-10-15-4-6-19-7-5-15/h14-16H,1-13H2/t16-/m0/s1. The van der Waals surface area contributed by atoms with Crippen LogP contribution < -0.4 is 0 Å². The van der Waals surface area contributed by atoms with Gasteiger partial charge in [-0.15, -0.1) is 11.8 Å². The number of hydrogen-bond acceptors (Lipinski definition) is 4. The van der Waals surface area contributed by atoms with Crippen LogP contribution >= 0.6 is 11.8 Å². The third-order valence-corrected chi connectivity index (χ3v) is 7.42. The normalized spacial score (nSPS) is 34.0. The number of hydrogen-bond donors (Lipinski definition) is 0. The van der Waals surface area contributed by atoms with Gasteiger partial charge >= 0.3 is 0 Å². The largest absolute Gasteiger partial charge is 0.381 e. The van der Waals surface area contributed by atoms with E-state index in [0.29, 0.717) is 10.9 Å². The first kappa shape index (κ1) is 14.8. The molecule has 4 fully saturated rings. The predicted molar refractivity (Wildman–Crippen MR) is 86.9 cm³/mol. The summed E-state index contributed by atoms with van der Waals surface area (Å²) in [6.07, 6.45) is 8.63. The third-order valence-electron chi connectivity index (χ3n) is 5.85. The Morgan fingerprint density at radius 3 is 2.62 bits per heavy atom. The first-order chi connectivity index (χ1) is 10.3. The molecule has 3 aliphatic heterocycles. The van der Waals surface area contributed by atoms with Crippen molar-refractivity contribution in [2.24, 2.45) is 11.8 Å². The van der Waals surface area contributed by atoms with Gasteiger partial charge in [0.05, 0.1) is 6.10 Å². The molecule has 4 heteroatoms. The summed E-state index contributed by atoms with van der Waals surface area (Å²) < 4.78 is 12.2. The lowest BCUT2D eigenvalue weighted by atomic mass is 9.83. The predicted octanol–water partition coefficient (Wildman–Crippen LogP) is 2.79. The molecule has 1 saturated carbocycles. The molecular weight excluding hydrogens is 282 g/mol. The Kier molecular flexibility index (Phi) is 4.50. The van der Waals surface area contributed by atoms with Gasteiger partial charge < -0.3 is 14.4 Å². The van der Waals surface area contributed by atoms with Crippen molar-refractivity contribution in [3.63, 3.8) is 0 Å². The minimum absolute atomic E-state index is 0.517. The Balaban J connectivity index is 1.15. The monoisotopic (exact) mass is 311 g/mol. The van der Waals surface area contributed by atoms with Crippen LogP contribution in [0.15, 0.2) is 0 Å². The summed E-state index contributed by atoms with van der Waals surface area (Å²) in [5.41, 5.74) is 0. The maximum Gasteiger partial charge on any atom is 0.0680 e. The highest BCUT2D eigenvalue weighted by atomic mass is 32.2. The van der Waals surface area contributed by atoms with Gasteiger partial charge in [0.15, 0.2) is 0 Å². The zero-order chi connectivity index (χ0) is 14.1. The van der Waals surface area contributed by atoms with Crippen molar-refractivity contribution in [3.05, 3.63) is 0 Å². The first-order valence-electron chi connectivity index (χ1n) is 8.87. The first-order valence-corrected chi connectivity index (χ1v) is 9.86. The smallest absolute Gasteiger partial charge is 0.0680 e. The maximum atomic E-state index is 6.23. The highest BCUT2D eigenvalue weighted by Crippen LogP contribution is 2.47. The van der Waals surface area contributed by atoms with Crippen molar-refractivity contribution in [2.45, 2.75) is 49.4 Å². The highest BCUT2D eigenvalue weighted by molar-refractivity contribution is 8.01. The average Bonchev–Trinajstić information content (AvgIpc) is 2.85. The summed E-state index contributed by atoms with van der Waals surface area (Å²) in [7, 11) is 0. The van der Waals surface area contributed by atoms with Gasteiger partial charge in [-0.05, 0) is 43.9 Å². The van der Waals surface area contributed by atoms with Gasteiger partial charge in [-0.3, -0.25) is 0 Å². The molecule has 0 bridgehead atoms. The van der Waals surface area contributed by atoms with Gasteiger partial charge in [0, 0.05) is 50.0 Å². The van der Waals surface area contributed by atoms with E-state index in [9.17, 15) is 0 Å². The van der Waals surface area contributed by atoms with Crippen molar-refractivity contribution in [1.82, 2.24) is 4.90 Å². The molecule has 0 aromatic carbocycles. The molecule has 21 heavy (non-hydrogen) atoms. The van der Waals surface area contributed by atoms with E-state index in [-0.39, 0.29) is 0 Å². The zero-order valence-corrected chi connectivity index (χ0v) is 13.9. The Morgan fingerprint density at radius 2 is 1.90 bits per heavy atom. The van der Waals surface area contributed by atoms with Gasteiger partial charge in [0.25, 0.3) is 0 Å². The summed E-state index contributed by atoms with van der Waals surface area (Å²) in [5.74, 6) is 2.99. The van der Waals surface area contributed by atoms with Crippen LogP contribution in [0.2, 0.25) is 0 Å². The molecule has 3 nitrogen and oxygen atoms in total. The van der Waals surface area contributed by atoms with Crippen LogP contribution in [-0.2, 0) is 9.47 Å². The molecule has 3 heterocycles. The van der Waals surface area contributed by atoms with E-state index in [2.05, 4.69) is 16.7 Å². The number of nitrogens with zero attached hydrogens (tertiary/aromatic N) is 1. The van der Waals surface area contributed by atoms with E-state index in [1.54, 1.807) is 0 Å². The van der Waals surface area contributed by atoms with Crippen molar-refractivity contribution < 1.29 is 9.47 Å². The van der Waals surface area contributed by atoms with Crippen LogP contribution in [0, 0.1) is 11.8 Å². The van der Waals surface area contributed by atoms with Crippen LogP contribution in [0.1, 0.15) is 38.5 Å². The van der Waals surface area contributed by atoms with Gasteiger partial charge in [-0.1, -0.05) is 6.42 Å². The van der Waals surface area contributed by atoms with Crippen molar-refractivity contribution in [2.75, 3.05) is 45.2 Å². The fourth-order valence-corrected chi connectivity index (χ4v) is 5.86. The van der Waals surface area contributed by atoms with Crippen LogP contribution in [0.25, 0.3) is 0 Å². The van der Waals surface area contributed by atoms with Gasteiger partial charge in [0.2, 0.25) is 0 Å². The second kappa shape index (κ2) is 6.38. The molecule has 0 N–H and O–H groups in total. The molecule has 0 unspecified atom stereocenters. The molecule has 4 rings (SSSR count). The summed E-state index contributed by atoms with van der Waals surface area (Å²) in [5, 5.41) is 0. The van der Waals surface area contributed by atoms with E-state index in [1.165, 1.54) is 63.9 Å². The Labute approximate surface area is 133 Å². The molecule has 3 saturated heterocycles. The van der Waals surface area contributed by atoms with Gasteiger partial charge in [-0.2, -0.15) is 0 Å². The number of ether oxygens (including phenoxy) is 2. The van der Waals surface area contributed by atoms with Crippen LogP contribution in [0.4, 0.5) is 0 Å². The van der Waals surface area contributed by atoms with E-state index < -0.39 is 0 Å². The summed E-state index contributed by atoms with van der Waals surface area (Å²) >= 11 is 2.19. The third kappa shape index (κ3) is 3.44. The molecule has 0 aromatic heterocycles. The Bertz CT molecular complexity index is 349. The molecule has 4 aliphatic rings. The number of likely N-dealkylation sites (tertiary alicyclic amines) is 1. The zero-order valence-electron chi connectivity index (χ0n) is 13.1. The van der Waals surface area contributed by atoms with Crippen LogP contribution in [0.5, 0.6) is 0 Å². The lowest BCUT2D eigenvalue weighted by molar-refractivity contribution is -0.0146. The van der Waals surface area contributed by atoms with Crippen molar-refractivity contribution in [3.8, 4) is 0 Å². The number of rotatable bonds is 5. The molecule has 0 amide bonds. The van der Waals surface area contributed by atoms with Crippen molar-refractivity contribution >= 4 is 11.8 Å². The quantitative estimate of drug-likeness (QED) is 0.778. The van der Waals surface area contributed by atoms with Gasteiger partial charge in [-0.25, -0.2) is 0 Å². The summed E-state index contributed by atoms with van der Waals surface area (Å²) in [4.78, 5) is 2.69. The van der Waals surface area contributed by atoms with E-state index >= 15 is 0 Å². The molecule has 1 atom stereocenters. The highest BCUT2D eigenvalue weighted by Gasteiger charge is 2.49. The fraction of sp³-hybridized carbons (Fsp3) is 1.00. The molecular formula is C17H29NO2S. The van der Waals surface area contributed by atoms with E-state index in [1.807, 2.05) is 0 Å². The molecule has 1 aliphatic carbocycles. The molecule has 1 spiro atoms. The maximum absolute atomic E-state index is 6.23. The topological polar surface area (TPSA) is 21.7 Å². The SMILES string of the molecule is C1CC(CN2CC3(C[C@H](OCC4CCOCC4)CS3)C2)C1. The van der Waals surface area contributed by atoms with E-state index in [4.69, 9.17) is 9.47 Å². The fourth-order valence-electron chi connectivity index (χ4n) is 4.25. The second-order valence-corrected chi connectivity index (χ2v) is 9.16. The number of thioether (sulfide) groups is 1. The summed E-state index contributed by atoms with van der Waals surface area (Å²) in [6.45, 7) is 6.87. The Hall–Kier alpha value is 0.230. The van der Waals surface area contributed by atoms with Crippen LogP contribution in [0.3, 0.4) is 0 Å². The minimum Gasteiger partial charge on any atom is -0.381 e. The average molecular weight is 311 g/mol. The Morgan fingerprint density at radius 1 is 1.10 bits per heavy atom. The van der Waals surface area contributed by atoms with Crippen molar-refractivity contribution in [1.29, 1.82) is 0 Å².